The summed E-state index contributed by atoms with van der Waals surface area (Å²) in [5.41, 5.74) is 6.61. The lowest BCUT2D eigenvalue weighted by Gasteiger charge is -2.07. The highest BCUT2D eigenvalue weighted by Crippen LogP contribution is 2.31. The van der Waals surface area contributed by atoms with Crippen LogP contribution in [0.4, 0.5) is 17.2 Å². The number of aromatic amines is 1. The molecule has 0 bridgehead atoms. The molecule has 0 spiro atoms. The minimum absolute atomic E-state index is 0.105. The number of H-pyrrole nitrogens is 1. The Morgan fingerprint density at radius 2 is 2.28 bits per heavy atom. The van der Waals surface area contributed by atoms with Crippen LogP contribution >= 0.6 is 15.9 Å². The summed E-state index contributed by atoms with van der Waals surface area (Å²) in [6, 6.07) is 0. The third kappa shape index (κ3) is 2.40. The first-order valence-electron chi connectivity index (χ1n) is 4.89. The number of nitrogen functional groups attached to an aromatic ring is 1. The largest absolute Gasteiger partial charge is 0.384 e. The van der Waals surface area contributed by atoms with Crippen molar-refractivity contribution < 1.29 is 4.92 Å². The maximum atomic E-state index is 10.9. The smallest absolute Gasteiger partial charge is 0.311 e. The first-order valence-corrected chi connectivity index (χ1v) is 5.68. The normalized spacial score (nSPS) is 10.3. The van der Waals surface area contributed by atoms with Gasteiger partial charge in [-0.15, -0.1) is 0 Å². The van der Waals surface area contributed by atoms with Crippen LogP contribution in [0.2, 0.25) is 0 Å². The molecule has 4 N–H and O–H groups in total. The van der Waals surface area contributed by atoms with Crippen molar-refractivity contribution >= 4 is 33.1 Å². The molecule has 2 aromatic heterocycles. The number of aromatic nitrogens is 3. The molecule has 0 aliphatic rings. The zero-order valence-corrected chi connectivity index (χ0v) is 10.6. The van der Waals surface area contributed by atoms with Crippen LogP contribution in [0.3, 0.4) is 0 Å². The molecule has 0 amide bonds. The molecular formula is C9H9BrN6O2. The zero-order chi connectivity index (χ0) is 13.1. The second kappa shape index (κ2) is 5.00. The Balaban J connectivity index is 2.24. The number of hydrogen-bond donors (Lipinski definition) is 3. The minimum atomic E-state index is -0.501. The van der Waals surface area contributed by atoms with Gasteiger partial charge in [-0.3, -0.25) is 20.2 Å². The first kappa shape index (κ1) is 12.3. The number of hydrogen-bond acceptors (Lipinski definition) is 6. The van der Waals surface area contributed by atoms with E-state index in [9.17, 15) is 10.1 Å². The van der Waals surface area contributed by atoms with Crippen molar-refractivity contribution in [2.24, 2.45) is 0 Å². The molecule has 94 valence electrons. The number of halogens is 1. The van der Waals surface area contributed by atoms with Crippen LogP contribution in [0.15, 0.2) is 23.1 Å². The van der Waals surface area contributed by atoms with Crippen LogP contribution in [0, 0.1) is 10.1 Å². The predicted molar refractivity (Wildman–Crippen MR) is 68.9 cm³/mol. The van der Waals surface area contributed by atoms with Crippen molar-refractivity contribution in [2.45, 2.75) is 6.54 Å². The monoisotopic (exact) mass is 312 g/mol. The summed E-state index contributed by atoms with van der Waals surface area (Å²) in [6.07, 6.45) is 4.23. The Bertz CT molecular complexity index is 584. The van der Waals surface area contributed by atoms with Crippen LogP contribution in [0.1, 0.15) is 5.56 Å². The van der Waals surface area contributed by atoms with Gasteiger partial charge in [0, 0.05) is 18.3 Å². The van der Waals surface area contributed by atoms with Crippen LogP contribution < -0.4 is 11.1 Å². The van der Waals surface area contributed by atoms with Gasteiger partial charge in [-0.2, -0.15) is 5.10 Å². The number of nitro groups is 1. The SMILES string of the molecule is Nc1[nH]ncc1CNc1c(Br)cncc1[N+](=O)[O-]. The molecule has 2 rings (SSSR count). The summed E-state index contributed by atoms with van der Waals surface area (Å²) in [5.74, 6) is 0.426. The average Bonchev–Trinajstić information content (AvgIpc) is 2.73. The number of pyridine rings is 1. The van der Waals surface area contributed by atoms with Gasteiger partial charge in [0.15, 0.2) is 0 Å². The van der Waals surface area contributed by atoms with E-state index in [0.717, 1.165) is 5.56 Å². The zero-order valence-electron chi connectivity index (χ0n) is 9.05. The van der Waals surface area contributed by atoms with E-state index in [-0.39, 0.29) is 5.69 Å². The third-order valence-electron chi connectivity index (χ3n) is 2.28. The summed E-state index contributed by atoms with van der Waals surface area (Å²) >= 11 is 3.21. The minimum Gasteiger partial charge on any atom is -0.384 e. The highest BCUT2D eigenvalue weighted by Gasteiger charge is 2.17. The van der Waals surface area contributed by atoms with E-state index in [4.69, 9.17) is 5.73 Å². The number of nitrogens with zero attached hydrogens (tertiary/aromatic N) is 3. The molecule has 18 heavy (non-hydrogen) atoms. The first-order chi connectivity index (χ1) is 8.59. The van der Waals surface area contributed by atoms with E-state index in [2.05, 4.69) is 36.4 Å². The molecule has 0 aliphatic heterocycles. The van der Waals surface area contributed by atoms with Crippen LogP contribution in [-0.2, 0) is 6.54 Å². The summed E-state index contributed by atoms with van der Waals surface area (Å²) < 4.78 is 0.513. The van der Waals surface area contributed by atoms with Gasteiger partial charge in [-0.05, 0) is 15.9 Å². The fraction of sp³-hybridized carbons (Fsp3) is 0.111. The molecule has 0 saturated carbocycles. The lowest BCUT2D eigenvalue weighted by Crippen LogP contribution is -2.05. The van der Waals surface area contributed by atoms with E-state index in [1.807, 2.05) is 0 Å². The van der Waals surface area contributed by atoms with E-state index >= 15 is 0 Å². The Hall–Kier alpha value is -2.16. The molecule has 0 saturated heterocycles. The average molecular weight is 313 g/mol. The van der Waals surface area contributed by atoms with E-state index in [0.29, 0.717) is 22.5 Å². The Kier molecular flexibility index (Phi) is 3.42. The summed E-state index contributed by atoms with van der Waals surface area (Å²) in [7, 11) is 0. The second-order valence-corrected chi connectivity index (χ2v) is 4.29. The van der Waals surface area contributed by atoms with Gasteiger partial charge >= 0.3 is 5.69 Å². The maximum absolute atomic E-state index is 10.9. The fourth-order valence-corrected chi connectivity index (χ4v) is 1.85. The molecule has 0 atom stereocenters. The van der Waals surface area contributed by atoms with Gasteiger partial charge < -0.3 is 11.1 Å². The van der Waals surface area contributed by atoms with Gasteiger partial charge in [-0.25, -0.2) is 0 Å². The van der Waals surface area contributed by atoms with Gasteiger partial charge in [0.1, 0.15) is 17.7 Å². The standard InChI is InChI=1S/C9H9BrN6O2/c10-6-3-12-4-7(16(17)18)8(6)13-1-5-2-14-15-9(5)11/h2-4H,1H2,(H,12,13)(H3,11,14,15). The number of rotatable bonds is 4. The van der Waals surface area contributed by atoms with Gasteiger partial charge in [-0.1, -0.05) is 0 Å². The van der Waals surface area contributed by atoms with Crippen LogP contribution in [-0.4, -0.2) is 20.1 Å². The molecule has 0 fully saturated rings. The Labute approximate surface area is 110 Å². The highest BCUT2D eigenvalue weighted by atomic mass is 79.9. The number of nitrogens with one attached hydrogen (secondary N) is 2. The van der Waals surface area contributed by atoms with Crippen molar-refractivity contribution in [1.82, 2.24) is 15.2 Å². The summed E-state index contributed by atoms with van der Waals surface area (Å²) in [4.78, 5) is 14.1. The quantitative estimate of drug-likeness (QED) is 0.583. The number of anilines is 2. The van der Waals surface area contributed by atoms with E-state index < -0.39 is 4.92 Å². The van der Waals surface area contributed by atoms with Crippen molar-refractivity contribution in [3.63, 3.8) is 0 Å². The topological polar surface area (TPSA) is 123 Å². The molecule has 0 aromatic carbocycles. The molecular weight excluding hydrogens is 304 g/mol. The predicted octanol–water partition coefficient (Wildman–Crippen LogP) is 1.67. The fourth-order valence-electron chi connectivity index (χ4n) is 1.38. The molecule has 9 heteroatoms. The van der Waals surface area contributed by atoms with E-state index in [1.165, 1.54) is 12.4 Å². The summed E-state index contributed by atoms with van der Waals surface area (Å²) in [5, 5.41) is 20.2. The van der Waals surface area contributed by atoms with Crippen molar-refractivity contribution in [3.05, 3.63) is 38.7 Å². The van der Waals surface area contributed by atoms with Crippen LogP contribution in [0.5, 0.6) is 0 Å². The van der Waals surface area contributed by atoms with E-state index in [1.54, 1.807) is 6.20 Å². The second-order valence-electron chi connectivity index (χ2n) is 3.44. The summed E-state index contributed by atoms with van der Waals surface area (Å²) in [6.45, 7) is 0.325. The molecule has 2 aromatic rings. The van der Waals surface area contributed by atoms with Gasteiger partial charge in [0.25, 0.3) is 0 Å². The lowest BCUT2D eigenvalue weighted by molar-refractivity contribution is -0.384. The van der Waals surface area contributed by atoms with Gasteiger partial charge in [0.05, 0.1) is 15.6 Å². The maximum Gasteiger partial charge on any atom is 0.311 e. The highest BCUT2D eigenvalue weighted by molar-refractivity contribution is 9.10. The molecule has 0 aliphatic carbocycles. The lowest BCUT2D eigenvalue weighted by atomic mass is 10.3. The third-order valence-corrected chi connectivity index (χ3v) is 2.88. The van der Waals surface area contributed by atoms with Crippen molar-refractivity contribution in [3.8, 4) is 0 Å². The van der Waals surface area contributed by atoms with Gasteiger partial charge in [0.2, 0.25) is 0 Å². The number of nitrogens with two attached hydrogens (primary N) is 1. The van der Waals surface area contributed by atoms with Crippen LogP contribution in [0.25, 0.3) is 0 Å². The van der Waals surface area contributed by atoms with Crippen molar-refractivity contribution in [1.29, 1.82) is 0 Å². The Morgan fingerprint density at radius 3 is 2.89 bits per heavy atom. The molecule has 2 heterocycles. The Morgan fingerprint density at radius 1 is 1.50 bits per heavy atom. The molecule has 0 radical (unpaired) electrons. The molecule has 0 unspecified atom stereocenters. The molecule has 8 nitrogen and oxygen atoms in total. The van der Waals surface area contributed by atoms with Crippen molar-refractivity contribution in [2.75, 3.05) is 11.1 Å².